The van der Waals surface area contributed by atoms with Gasteiger partial charge in [-0.2, -0.15) is 5.26 Å². The molecule has 2 aromatic rings. The van der Waals surface area contributed by atoms with Crippen molar-refractivity contribution in [2.24, 2.45) is 0 Å². The van der Waals surface area contributed by atoms with Crippen LogP contribution in [0.3, 0.4) is 0 Å². The maximum Gasteiger partial charge on any atom is 0.345 e. The average molecular weight is 325 g/mol. The number of nitro benzene ring substituents is 1. The Labute approximate surface area is 136 Å². The van der Waals surface area contributed by atoms with Gasteiger partial charge in [-0.25, -0.2) is 4.79 Å². The number of non-ortho nitro benzene ring substituents is 1. The lowest BCUT2D eigenvalue weighted by molar-refractivity contribution is -0.384. The van der Waals surface area contributed by atoms with Crippen LogP contribution in [0.25, 0.3) is 0 Å². The summed E-state index contributed by atoms with van der Waals surface area (Å²) in [6, 6.07) is 12.9. The van der Waals surface area contributed by atoms with E-state index in [4.69, 9.17) is 10.00 Å². The van der Waals surface area contributed by atoms with E-state index in [1.165, 1.54) is 36.4 Å². The molecular formula is C16H11N3O5. The minimum absolute atomic E-state index is 0.0992. The number of esters is 1. The first-order valence-electron chi connectivity index (χ1n) is 6.73. The Balaban J connectivity index is 2.16. The molecule has 0 aromatic heterocycles. The summed E-state index contributed by atoms with van der Waals surface area (Å²) in [6.45, 7) is 0. The number of carbonyl (C=O) groups is 2. The Hall–Kier alpha value is -3.73. The van der Waals surface area contributed by atoms with E-state index in [2.05, 4.69) is 5.32 Å². The van der Waals surface area contributed by atoms with E-state index < -0.39 is 16.8 Å². The Bertz CT molecular complexity index is 824. The number of amides is 1. The number of hydrogen-bond donors (Lipinski definition) is 1. The van der Waals surface area contributed by atoms with Crippen LogP contribution < -0.4 is 10.1 Å². The first kappa shape index (κ1) is 16.6. The SMILES string of the molecule is N#CCC(=O)Nc1ccccc1C(=O)Oc1ccc([N+](=O)[O-])cc1. The summed E-state index contributed by atoms with van der Waals surface area (Å²) >= 11 is 0. The van der Waals surface area contributed by atoms with Crippen molar-refractivity contribution in [2.45, 2.75) is 6.42 Å². The van der Waals surface area contributed by atoms with Gasteiger partial charge in [-0.1, -0.05) is 12.1 Å². The molecule has 0 aliphatic carbocycles. The van der Waals surface area contributed by atoms with Crippen molar-refractivity contribution in [1.82, 2.24) is 0 Å². The van der Waals surface area contributed by atoms with Gasteiger partial charge in [0.2, 0.25) is 5.91 Å². The third-order valence-electron chi connectivity index (χ3n) is 2.92. The van der Waals surface area contributed by atoms with Crippen LogP contribution >= 0.6 is 0 Å². The second kappa shape index (κ2) is 7.51. The maximum absolute atomic E-state index is 12.2. The molecule has 0 aliphatic heterocycles. The summed E-state index contributed by atoms with van der Waals surface area (Å²) in [7, 11) is 0. The van der Waals surface area contributed by atoms with Gasteiger partial charge in [0.1, 0.15) is 12.2 Å². The Morgan fingerprint density at radius 2 is 1.83 bits per heavy atom. The zero-order valence-corrected chi connectivity index (χ0v) is 12.3. The topological polar surface area (TPSA) is 122 Å². The summed E-state index contributed by atoms with van der Waals surface area (Å²) in [5, 5.41) is 21.5. The molecule has 0 unspecified atom stereocenters. The van der Waals surface area contributed by atoms with Crippen LogP contribution in [-0.4, -0.2) is 16.8 Å². The number of ether oxygens (including phenoxy) is 1. The van der Waals surface area contributed by atoms with Crippen LogP contribution in [0.4, 0.5) is 11.4 Å². The fourth-order valence-electron chi connectivity index (χ4n) is 1.83. The van der Waals surface area contributed by atoms with Crippen LogP contribution in [0.1, 0.15) is 16.8 Å². The van der Waals surface area contributed by atoms with Crippen molar-refractivity contribution in [3.8, 4) is 11.8 Å². The zero-order valence-electron chi connectivity index (χ0n) is 12.3. The van der Waals surface area contributed by atoms with E-state index in [0.717, 1.165) is 0 Å². The van der Waals surface area contributed by atoms with Crippen molar-refractivity contribution >= 4 is 23.3 Å². The van der Waals surface area contributed by atoms with E-state index in [9.17, 15) is 19.7 Å². The second-order valence-electron chi connectivity index (χ2n) is 4.57. The smallest absolute Gasteiger partial charge is 0.345 e. The first-order valence-corrected chi connectivity index (χ1v) is 6.73. The van der Waals surface area contributed by atoms with E-state index in [-0.39, 0.29) is 29.1 Å². The molecule has 0 bridgehead atoms. The number of para-hydroxylation sites is 1. The fraction of sp³-hybridized carbons (Fsp3) is 0.0625. The number of nitro groups is 1. The van der Waals surface area contributed by atoms with Crippen molar-refractivity contribution in [1.29, 1.82) is 5.26 Å². The van der Waals surface area contributed by atoms with Gasteiger partial charge in [-0.3, -0.25) is 14.9 Å². The number of nitrogens with zero attached hydrogens (tertiary/aromatic N) is 2. The van der Waals surface area contributed by atoms with Gasteiger partial charge in [0.15, 0.2) is 0 Å². The van der Waals surface area contributed by atoms with Gasteiger partial charge in [0, 0.05) is 12.1 Å². The van der Waals surface area contributed by atoms with Crippen LogP contribution in [0.15, 0.2) is 48.5 Å². The third kappa shape index (κ3) is 4.14. The highest BCUT2D eigenvalue weighted by Gasteiger charge is 2.15. The van der Waals surface area contributed by atoms with Gasteiger partial charge in [-0.05, 0) is 24.3 Å². The predicted molar refractivity (Wildman–Crippen MR) is 83.4 cm³/mol. The molecule has 0 fully saturated rings. The molecule has 0 atom stereocenters. The van der Waals surface area contributed by atoms with Crippen LogP contribution in [0.5, 0.6) is 5.75 Å². The van der Waals surface area contributed by atoms with E-state index in [1.54, 1.807) is 18.2 Å². The van der Waals surface area contributed by atoms with Gasteiger partial charge in [-0.15, -0.1) is 0 Å². The fourth-order valence-corrected chi connectivity index (χ4v) is 1.83. The van der Waals surface area contributed by atoms with Crippen LogP contribution in [-0.2, 0) is 4.79 Å². The molecule has 1 N–H and O–H groups in total. The molecule has 0 radical (unpaired) electrons. The lowest BCUT2D eigenvalue weighted by Crippen LogP contribution is -2.16. The molecule has 8 nitrogen and oxygen atoms in total. The molecule has 24 heavy (non-hydrogen) atoms. The number of carbonyl (C=O) groups excluding carboxylic acids is 2. The maximum atomic E-state index is 12.2. The molecule has 0 aliphatic rings. The standard InChI is InChI=1S/C16H11N3O5/c17-10-9-15(20)18-14-4-2-1-3-13(14)16(21)24-12-7-5-11(6-8-12)19(22)23/h1-8H,9H2,(H,18,20). The highest BCUT2D eigenvalue weighted by atomic mass is 16.6. The largest absolute Gasteiger partial charge is 0.423 e. The summed E-state index contributed by atoms with van der Waals surface area (Å²) in [5.41, 5.74) is 0.186. The number of nitriles is 1. The lowest BCUT2D eigenvalue weighted by Gasteiger charge is -2.09. The quantitative estimate of drug-likeness (QED) is 0.390. The molecule has 0 spiro atoms. The second-order valence-corrected chi connectivity index (χ2v) is 4.57. The molecule has 8 heteroatoms. The number of benzene rings is 2. The van der Waals surface area contributed by atoms with Crippen molar-refractivity contribution in [2.75, 3.05) is 5.32 Å². The zero-order chi connectivity index (χ0) is 17.5. The minimum Gasteiger partial charge on any atom is -0.423 e. The monoisotopic (exact) mass is 325 g/mol. The van der Waals surface area contributed by atoms with Gasteiger partial charge in [0.05, 0.1) is 22.2 Å². The van der Waals surface area contributed by atoms with E-state index in [1.807, 2.05) is 0 Å². The van der Waals surface area contributed by atoms with Gasteiger partial charge < -0.3 is 10.1 Å². The highest BCUT2D eigenvalue weighted by Crippen LogP contribution is 2.21. The molecule has 0 heterocycles. The van der Waals surface area contributed by atoms with E-state index >= 15 is 0 Å². The Morgan fingerprint density at radius 3 is 2.46 bits per heavy atom. The number of nitrogens with one attached hydrogen (secondary N) is 1. The summed E-state index contributed by atoms with van der Waals surface area (Å²) < 4.78 is 5.14. The van der Waals surface area contributed by atoms with Gasteiger partial charge >= 0.3 is 5.97 Å². The van der Waals surface area contributed by atoms with Crippen molar-refractivity contribution in [3.63, 3.8) is 0 Å². The van der Waals surface area contributed by atoms with Crippen LogP contribution in [0, 0.1) is 21.4 Å². The predicted octanol–water partition coefficient (Wildman–Crippen LogP) is 2.67. The van der Waals surface area contributed by atoms with Crippen molar-refractivity contribution in [3.05, 3.63) is 64.2 Å². The normalized spacial score (nSPS) is 9.62. The minimum atomic E-state index is -0.739. The molecule has 0 saturated heterocycles. The Morgan fingerprint density at radius 1 is 1.17 bits per heavy atom. The summed E-state index contributed by atoms with van der Waals surface area (Å²) in [4.78, 5) is 33.7. The Kier molecular flexibility index (Phi) is 5.20. The third-order valence-corrected chi connectivity index (χ3v) is 2.92. The molecular weight excluding hydrogens is 314 g/mol. The summed E-state index contributed by atoms with van der Waals surface area (Å²) in [5.74, 6) is -1.16. The van der Waals surface area contributed by atoms with E-state index in [0.29, 0.717) is 0 Å². The number of anilines is 1. The lowest BCUT2D eigenvalue weighted by atomic mass is 10.1. The first-order chi connectivity index (χ1) is 11.5. The van der Waals surface area contributed by atoms with Crippen LogP contribution in [0.2, 0.25) is 0 Å². The number of rotatable bonds is 5. The molecule has 2 aromatic carbocycles. The van der Waals surface area contributed by atoms with Gasteiger partial charge in [0.25, 0.3) is 5.69 Å². The number of hydrogen-bond acceptors (Lipinski definition) is 6. The molecule has 120 valence electrons. The average Bonchev–Trinajstić information content (AvgIpc) is 2.56. The molecule has 0 saturated carbocycles. The molecule has 2 rings (SSSR count). The highest BCUT2D eigenvalue weighted by molar-refractivity contribution is 6.02. The molecule has 1 amide bonds. The van der Waals surface area contributed by atoms with Crippen molar-refractivity contribution < 1.29 is 19.2 Å². The summed E-state index contributed by atoms with van der Waals surface area (Å²) in [6.07, 6.45) is -0.342.